The van der Waals surface area contributed by atoms with E-state index in [4.69, 9.17) is 4.74 Å². The number of amides is 1. The Morgan fingerprint density at radius 1 is 1.22 bits per heavy atom. The molecule has 2 aromatic rings. The highest BCUT2D eigenvalue weighted by atomic mass is 16.5. The third-order valence-electron chi connectivity index (χ3n) is 9.90. The second-order valence-electron chi connectivity index (χ2n) is 11.9. The first-order valence-electron chi connectivity index (χ1n) is 13.7. The summed E-state index contributed by atoms with van der Waals surface area (Å²) in [4.78, 5) is 18.1. The van der Waals surface area contributed by atoms with Gasteiger partial charge in [0.25, 0.3) is 0 Å². The Kier molecular flexibility index (Phi) is 5.05. The number of nitrogens with zero attached hydrogens (tertiary/aromatic N) is 2. The Bertz CT molecular complexity index is 1250. The minimum atomic E-state index is -0.107. The van der Waals surface area contributed by atoms with Gasteiger partial charge in [0.15, 0.2) is 11.5 Å². The highest BCUT2D eigenvalue weighted by Crippen LogP contribution is 2.64. The molecule has 1 N–H and O–H groups in total. The molecule has 2 heterocycles. The summed E-state index contributed by atoms with van der Waals surface area (Å²) in [6.07, 6.45) is 10.4. The summed E-state index contributed by atoms with van der Waals surface area (Å²) < 4.78 is 6.71. The highest BCUT2D eigenvalue weighted by Gasteiger charge is 2.66. The molecule has 0 aromatic heterocycles. The van der Waals surface area contributed by atoms with Crippen LogP contribution in [0.4, 0.5) is 0 Å². The van der Waals surface area contributed by atoms with Crippen molar-refractivity contribution in [1.82, 2.24) is 9.80 Å². The molecule has 5 aliphatic rings. The van der Waals surface area contributed by atoms with Gasteiger partial charge in [0.1, 0.15) is 6.10 Å². The molecule has 3 aliphatic carbocycles. The normalized spacial score (nSPS) is 32.3. The molecule has 7 rings (SSSR count). The molecule has 2 aliphatic heterocycles. The predicted octanol–water partition coefficient (Wildman–Crippen LogP) is 4.69. The average molecular weight is 485 g/mol. The Balaban J connectivity index is 1.22. The van der Waals surface area contributed by atoms with Crippen LogP contribution in [0.3, 0.4) is 0 Å². The van der Waals surface area contributed by atoms with Gasteiger partial charge in [-0.15, -0.1) is 0 Å². The Hall–Kier alpha value is -2.79. The van der Waals surface area contributed by atoms with Crippen LogP contribution in [0.15, 0.2) is 42.5 Å². The molecule has 1 amide bonds. The summed E-state index contributed by atoms with van der Waals surface area (Å²) >= 11 is 0. The minimum absolute atomic E-state index is 0.00992. The number of rotatable bonds is 5. The smallest absolute Gasteiger partial charge is 0.246 e. The molecular weight excluding hydrogens is 448 g/mol. The lowest BCUT2D eigenvalue weighted by Crippen LogP contribution is -2.69. The predicted molar refractivity (Wildman–Crippen MR) is 140 cm³/mol. The molecule has 5 nitrogen and oxygen atoms in total. The topological polar surface area (TPSA) is 53.0 Å². The number of carbonyl (C=O) groups excluding carboxylic acids is 1. The Morgan fingerprint density at radius 3 is 2.89 bits per heavy atom. The van der Waals surface area contributed by atoms with Crippen molar-refractivity contribution >= 4 is 12.0 Å². The van der Waals surface area contributed by atoms with Crippen molar-refractivity contribution in [2.75, 3.05) is 20.1 Å². The molecule has 2 saturated carbocycles. The molecule has 0 radical (unpaired) electrons. The number of piperidine rings is 1. The molecular formula is C31H36N2O3. The van der Waals surface area contributed by atoms with Crippen molar-refractivity contribution in [3.05, 3.63) is 64.7 Å². The Labute approximate surface area is 213 Å². The number of phenols is 1. The fraction of sp³-hybridized carbons (Fsp3) is 0.516. The quantitative estimate of drug-likeness (QED) is 0.626. The van der Waals surface area contributed by atoms with Crippen molar-refractivity contribution < 1.29 is 14.6 Å². The van der Waals surface area contributed by atoms with Crippen LogP contribution in [0.5, 0.6) is 11.5 Å². The molecule has 2 bridgehead atoms. The van der Waals surface area contributed by atoms with Gasteiger partial charge in [0.2, 0.25) is 5.91 Å². The van der Waals surface area contributed by atoms with Gasteiger partial charge in [-0.25, -0.2) is 0 Å². The Morgan fingerprint density at radius 2 is 2.08 bits per heavy atom. The number of likely N-dealkylation sites (tertiary alicyclic amines) is 1. The first kappa shape index (κ1) is 22.4. The van der Waals surface area contributed by atoms with E-state index in [0.717, 1.165) is 43.7 Å². The SMILES string of the molecule is Cc1cccc(/C=C/C(=O)N(C)C2CC[C@H]3[C@H]4Cc5ccc(O)c6c5[C@@]3(CCN4CC3CC3)C2O6)c1. The number of aromatic hydroxyl groups is 1. The van der Waals surface area contributed by atoms with Crippen molar-refractivity contribution in [3.63, 3.8) is 0 Å². The van der Waals surface area contributed by atoms with Crippen molar-refractivity contribution in [3.8, 4) is 11.5 Å². The molecule has 5 atom stereocenters. The van der Waals surface area contributed by atoms with Crippen LogP contribution in [0.25, 0.3) is 6.08 Å². The lowest BCUT2D eigenvalue weighted by molar-refractivity contribution is -0.135. The van der Waals surface area contributed by atoms with Crippen LogP contribution in [0, 0.1) is 18.8 Å². The summed E-state index contributed by atoms with van der Waals surface area (Å²) in [7, 11) is 1.93. The molecule has 1 spiro atoms. The van der Waals surface area contributed by atoms with Gasteiger partial charge >= 0.3 is 0 Å². The maximum atomic E-state index is 13.4. The van der Waals surface area contributed by atoms with Gasteiger partial charge in [-0.3, -0.25) is 9.69 Å². The molecule has 2 unspecified atom stereocenters. The second kappa shape index (κ2) is 8.11. The van der Waals surface area contributed by atoms with E-state index in [1.54, 1.807) is 6.08 Å². The first-order valence-corrected chi connectivity index (χ1v) is 13.7. The minimum Gasteiger partial charge on any atom is -0.504 e. The fourth-order valence-electron chi connectivity index (χ4n) is 8.08. The zero-order valence-electron chi connectivity index (χ0n) is 21.3. The zero-order chi connectivity index (χ0) is 24.6. The number of hydrogen-bond donors (Lipinski definition) is 1. The first-order chi connectivity index (χ1) is 17.5. The van der Waals surface area contributed by atoms with E-state index in [9.17, 15) is 9.90 Å². The molecule has 188 valence electrons. The van der Waals surface area contributed by atoms with E-state index >= 15 is 0 Å². The third kappa shape index (κ3) is 3.28. The van der Waals surface area contributed by atoms with E-state index in [-0.39, 0.29) is 29.2 Å². The standard InChI is InChI=1S/C31H36N2O3/c1-19-4-3-5-20(16-19)8-13-27(35)32(2)24-11-10-23-25-17-22-9-12-26(34)29-28(22)31(23,30(24)36-29)14-15-33(25)18-21-6-7-21/h3-5,8-9,12-13,16,21,23-25,30,34H,6-7,10-11,14-15,17-18H2,1-2H3/b13-8+/t23-,24?,25+,30?,31-/m0/s1. The van der Waals surface area contributed by atoms with E-state index in [1.807, 2.05) is 36.2 Å². The van der Waals surface area contributed by atoms with Crippen molar-refractivity contribution in [2.45, 2.75) is 69.1 Å². The van der Waals surface area contributed by atoms with Gasteiger partial charge in [0, 0.05) is 36.7 Å². The lowest BCUT2D eigenvalue weighted by atomic mass is 9.51. The van der Waals surface area contributed by atoms with Gasteiger partial charge in [-0.2, -0.15) is 0 Å². The number of hydrogen-bond acceptors (Lipinski definition) is 4. The molecule has 2 aromatic carbocycles. The zero-order valence-corrected chi connectivity index (χ0v) is 21.3. The van der Waals surface area contributed by atoms with E-state index in [1.165, 1.54) is 36.1 Å². The second-order valence-corrected chi connectivity index (χ2v) is 11.9. The summed E-state index contributed by atoms with van der Waals surface area (Å²) in [5, 5.41) is 10.8. The number of carbonyl (C=O) groups is 1. The van der Waals surface area contributed by atoms with Crippen molar-refractivity contribution in [1.29, 1.82) is 0 Å². The molecule has 5 heteroatoms. The van der Waals surface area contributed by atoms with Crippen LogP contribution in [-0.2, 0) is 16.6 Å². The molecule has 3 fully saturated rings. The van der Waals surface area contributed by atoms with E-state index in [2.05, 4.69) is 30.0 Å². The van der Waals surface area contributed by atoms with Crippen LogP contribution in [0.1, 0.15) is 54.4 Å². The number of benzene rings is 2. The number of phenolic OH excluding ortho intramolecular Hbond substituents is 1. The van der Waals surface area contributed by atoms with Gasteiger partial charge in [-0.1, -0.05) is 35.9 Å². The fourth-order valence-corrected chi connectivity index (χ4v) is 8.08. The average Bonchev–Trinajstić information content (AvgIpc) is 3.62. The summed E-state index contributed by atoms with van der Waals surface area (Å²) in [6, 6.07) is 12.7. The monoisotopic (exact) mass is 484 g/mol. The molecule has 1 saturated heterocycles. The number of aryl methyl sites for hydroxylation is 1. The highest BCUT2D eigenvalue weighted by molar-refractivity contribution is 5.92. The van der Waals surface area contributed by atoms with Gasteiger partial charge < -0.3 is 14.7 Å². The van der Waals surface area contributed by atoms with Crippen LogP contribution in [-0.4, -0.2) is 59.1 Å². The molecule has 36 heavy (non-hydrogen) atoms. The van der Waals surface area contributed by atoms with Crippen LogP contribution >= 0.6 is 0 Å². The largest absolute Gasteiger partial charge is 0.504 e. The lowest BCUT2D eigenvalue weighted by Gasteiger charge is -2.60. The number of likely N-dealkylation sites (N-methyl/N-ethyl adjacent to an activating group) is 1. The van der Waals surface area contributed by atoms with Crippen molar-refractivity contribution in [2.24, 2.45) is 11.8 Å². The van der Waals surface area contributed by atoms with Crippen LogP contribution in [0.2, 0.25) is 0 Å². The van der Waals surface area contributed by atoms with Crippen LogP contribution < -0.4 is 4.74 Å². The van der Waals surface area contributed by atoms with Gasteiger partial charge in [-0.05, 0) is 87.1 Å². The number of ether oxygens (including phenoxy) is 1. The maximum absolute atomic E-state index is 13.4. The summed E-state index contributed by atoms with van der Waals surface area (Å²) in [6.45, 7) is 4.38. The third-order valence-corrected chi connectivity index (χ3v) is 9.90. The van der Waals surface area contributed by atoms with Gasteiger partial charge in [0.05, 0.1) is 6.04 Å². The van der Waals surface area contributed by atoms with E-state index in [0.29, 0.717) is 17.7 Å². The summed E-state index contributed by atoms with van der Waals surface area (Å²) in [5.74, 6) is 2.36. The van der Waals surface area contributed by atoms with E-state index < -0.39 is 0 Å². The summed E-state index contributed by atoms with van der Waals surface area (Å²) in [5.41, 5.74) is 4.73. The maximum Gasteiger partial charge on any atom is 0.246 e.